The Kier molecular flexibility index (Phi) is 4.81. The molecule has 3 aromatic heterocycles. The third kappa shape index (κ3) is 3.32. The maximum absolute atomic E-state index is 10.3. The van der Waals surface area contributed by atoms with E-state index in [0.717, 1.165) is 34.8 Å². The van der Waals surface area contributed by atoms with Crippen LogP contribution in [0.25, 0.3) is 21.9 Å². The van der Waals surface area contributed by atoms with Crippen molar-refractivity contribution >= 4 is 33.7 Å². The maximum Gasteiger partial charge on any atom is 0.230 e. The maximum atomic E-state index is 10.3. The van der Waals surface area contributed by atoms with E-state index in [2.05, 4.69) is 56.4 Å². The second-order valence-electron chi connectivity index (χ2n) is 9.24. The number of pyridine rings is 1. The lowest BCUT2D eigenvalue weighted by Crippen LogP contribution is -2.29. The summed E-state index contributed by atoms with van der Waals surface area (Å²) >= 11 is 0. The lowest BCUT2D eigenvalue weighted by Gasteiger charge is -2.28. The molecule has 4 heterocycles. The normalized spacial score (nSPS) is 23.4. The second kappa shape index (κ2) is 7.83. The minimum Gasteiger partial charge on any atom is -0.385 e. The smallest absolute Gasteiger partial charge is 0.230 e. The molecule has 1 saturated carbocycles. The fourth-order valence-electron chi connectivity index (χ4n) is 5.27. The molecule has 0 amide bonds. The summed E-state index contributed by atoms with van der Waals surface area (Å²) in [5.74, 6) is 1.98. The van der Waals surface area contributed by atoms with Crippen molar-refractivity contribution in [1.82, 2.24) is 24.8 Å². The number of fused-ring (bicyclic) bond motifs is 4. The summed E-state index contributed by atoms with van der Waals surface area (Å²) in [4.78, 5) is 14.2. The molecule has 1 aromatic carbocycles. The van der Waals surface area contributed by atoms with Gasteiger partial charge in [-0.25, -0.2) is 9.97 Å². The van der Waals surface area contributed by atoms with Gasteiger partial charge in [0.25, 0.3) is 0 Å². The number of anilines is 2. The lowest BCUT2D eigenvalue weighted by molar-refractivity contribution is 0.160. The van der Waals surface area contributed by atoms with Crippen molar-refractivity contribution in [3.63, 3.8) is 0 Å². The Morgan fingerprint density at radius 1 is 1.03 bits per heavy atom. The lowest BCUT2D eigenvalue weighted by atomic mass is 9.87. The number of hydrogen-bond acceptors (Lipinski definition) is 6. The van der Waals surface area contributed by atoms with E-state index in [1.807, 2.05) is 18.3 Å². The van der Waals surface area contributed by atoms with Crippen LogP contribution in [0.4, 0.5) is 11.8 Å². The SMILES string of the molecule is CC1CCC(n2c3ccccc3c3cnc(Nc4ccc5c(n4)[C@H](O)CNC5)nc32)CC1. The quantitative estimate of drug-likeness (QED) is 0.442. The van der Waals surface area contributed by atoms with Crippen LogP contribution in [0.2, 0.25) is 0 Å². The molecule has 4 aromatic rings. The van der Waals surface area contributed by atoms with Crippen molar-refractivity contribution in [2.75, 3.05) is 11.9 Å². The van der Waals surface area contributed by atoms with Crippen LogP contribution in [-0.2, 0) is 6.54 Å². The summed E-state index contributed by atoms with van der Waals surface area (Å²) in [7, 11) is 0. The van der Waals surface area contributed by atoms with Crippen LogP contribution < -0.4 is 10.6 Å². The zero-order valence-electron chi connectivity index (χ0n) is 18.3. The number of para-hydroxylation sites is 1. The highest BCUT2D eigenvalue weighted by atomic mass is 16.3. The molecule has 2 aliphatic rings. The molecular weight excluding hydrogens is 400 g/mol. The third-order valence-corrected chi connectivity index (χ3v) is 7.02. The highest BCUT2D eigenvalue weighted by Gasteiger charge is 2.24. The van der Waals surface area contributed by atoms with Gasteiger partial charge in [-0.3, -0.25) is 0 Å². The fourth-order valence-corrected chi connectivity index (χ4v) is 5.27. The van der Waals surface area contributed by atoms with Gasteiger partial charge < -0.3 is 20.3 Å². The summed E-state index contributed by atoms with van der Waals surface area (Å²) in [5, 5.41) is 19.0. The molecule has 3 N–H and O–H groups in total. The van der Waals surface area contributed by atoms with Gasteiger partial charge in [0.15, 0.2) is 0 Å². The molecule has 7 heteroatoms. The molecule has 32 heavy (non-hydrogen) atoms. The molecule has 0 saturated heterocycles. The summed E-state index contributed by atoms with van der Waals surface area (Å²) in [5.41, 5.74) is 3.96. The van der Waals surface area contributed by atoms with E-state index in [1.54, 1.807) is 0 Å². The van der Waals surface area contributed by atoms with Crippen LogP contribution in [0.15, 0.2) is 42.6 Å². The van der Waals surface area contributed by atoms with Crippen molar-refractivity contribution in [3.8, 4) is 0 Å². The molecule has 1 atom stereocenters. The summed E-state index contributed by atoms with van der Waals surface area (Å²) in [6, 6.07) is 12.9. The van der Waals surface area contributed by atoms with E-state index in [4.69, 9.17) is 4.98 Å². The van der Waals surface area contributed by atoms with Crippen LogP contribution >= 0.6 is 0 Å². The van der Waals surface area contributed by atoms with Gasteiger partial charge in [0.1, 0.15) is 17.6 Å². The van der Waals surface area contributed by atoms with Gasteiger partial charge in [-0.1, -0.05) is 31.2 Å². The van der Waals surface area contributed by atoms with Gasteiger partial charge in [0.2, 0.25) is 5.95 Å². The third-order valence-electron chi connectivity index (χ3n) is 7.02. The van der Waals surface area contributed by atoms with Crippen molar-refractivity contribution < 1.29 is 5.11 Å². The van der Waals surface area contributed by atoms with E-state index in [1.165, 1.54) is 36.6 Å². The summed E-state index contributed by atoms with van der Waals surface area (Å²) < 4.78 is 2.43. The van der Waals surface area contributed by atoms with Gasteiger partial charge in [0.05, 0.1) is 11.2 Å². The number of aliphatic hydroxyl groups is 1. The average molecular weight is 429 g/mol. The summed E-state index contributed by atoms with van der Waals surface area (Å²) in [6.07, 6.45) is 6.20. The van der Waals surface area contributed by atoms with Crippen LogP contribution in [-0.4, -0.2) is 31.2 Å². The van der Waals surface area contributed by atoms with Crippen molar-refractivity contribution in [2.45, 2.75) is 51.3 Å². The molecule has 0 bridgehead atoms. The number of nitrogens with zero attached hydrogens (tertiary/aromatic N) is 4. The topological polar surface area (TPSA) is 87.9 Å². The average Bonchev–Trinajstić information content (AvgIpc) is 3.14. The first-order chi connectivity index (χ1) is 15.7. The molecule has 6 rings (SSSR count). The largest absolute Gasteiger partial charge is 0.385 e. The number of aliphatic hydroxyl groups excluding tert-OH is 1. The molecule has 0 unspecified atom stereocenters. The summed E-state index contributed by atoms with van der Waals surface area (Å²) in [6.45, 7) is 3.60. The van der Waals surface area contributed by atoms with E-state index >= 15 is 0 Å². The predicted octanol–water partition coefficient (Wildman–Crippen LogP) is 4.61. The molecule has 7 nitrogen and oxygen atoms in total. The Labute approximate surface area is 186 Å². The monoisotopic (exact) mass is 428 g/mol. The molecule has 1 aliphatic carbocycles. The van der Waals surface area contributed by atoms with Crippen molar-refractivity contribution in [1.29, 1.82) is 0 Å². The van der Waals surface area contributed by atoms with Crippen LogP contribution in [0.1, 0.15) is 56.0 Å². The van der Waals surface area contributed by atoms with Crippen LogP contribution in [0, 0.1) is 5.92 Å². The number of benzene rings is 1. The number of β-amino-alcohol motifs (C(OH)–C–C–N with tert-alkyl or cyclic N) is 1. The van der Waals surface area contributed by atoms with Crippen molar-refractivity contribution in [3.05, 3.63) is 53.9 Å². The van der Waals surface area contributed by atoms with Crippen LogP contribution in [0.3, 0.4) is 0 Å². The standard InChI is InChI=1S/C25H28N6O/c1-15-6-9-17(10-7-15)31-20-5-3-2-4-18(20)19-13-27-25(30-24(19)31)29-22-11-8-16-12-26-14-21(32)23(16)28-22/h2-5,8,11,13,15,17,21,26,32H,6-7,9-10,12,14H2,1H3,(H,27,28,29,30)/t15?,17?,21-/m1/s1. The van der Waals surface area contributed by atoms with Gasteiger partial charge in [-0.2, -0.15) is 4.98 Å². The van der Waals surface area contributed by atoms with E-state index in [0.29, 0.717) is 24.4 Å². The Hall–Kier alpha value is -3.03. The number of rotatable bonds is 3. The van der Waals surface area contributed by atoms with Crippen LogP contribution in [0.5, 0.6) is 0 Å². The Morgan fingerprint density at radius 2 is 1.88 bits per heavy atom. The highest BCUT2D eigenvalue weighted by molar-refractivity contribution is 6.06. The van der Waals surface area contributed by atoms with Gasteiger partial charge >= 0.3 is 0 Å². The number of hydrogen-bond donors (Lipinski definition) is 3. The minimum atomic E-state index is -0.597. The first-order valence-corrected chi connectivity index (χ1v) is 11.6. The zero-order valence-corrected chi connectivity index (χ0v) is 18.3. The minimum absolute atomic E-state index is 0.459. The molecular formula is C25H28N6O. The van der Waals surface area contributed by atoms with E-state index in [-0.39, 0.29) is 0 Å². The van der Waals surface area contributed by atoms with Gasteiger partial charge in [0, 0.05) is 36.1 Å². The fraction of sp³-hybridized carbons (Fsp3) is 0.400. The van der Waals surface area contributed by atoms with Crippen molar-refractivity contribution in [2.24, 2.45) is 5.92 Å². The second-order valence-corrected chi connectivity index (χ2v) is 9.24. The molecule has 0 radical (unpaired) electrons. The molecule has 1 aliphatic heterocycles. The first kappa shape index (κ1) is 19.6. The number of aromatic nitrogens is 4. The Bertz CT molecular complexity index is 1290. The Balaban J connectivity index is 1.41. The van der Waals surface area contributed by atoms with E-state index < -0.39 is 6.10 Å². The first-order valence-electron chi connectivity index (χ1n) is 11.6. The predicted molar refractivity (Wildman–Crippen MR) is 126 cm³/mol. The molecule has 164 valence electrons. The number of nitrogens with one attached hydrogen (secondary N) is 2. The van der Waals surface area contributed by atoms with E-state index in [9.17, 15) is 5.11 Å². The molecule has 0 spiro atoms. The van der Waals surface area contributed by atoms with Gasteiger partial charge in [-0.15, -0.1) is 0 Å². The zero-order chi connectivity index (χ0) is 21.7. The highest BCUT2D eigenvalue weighted by Crippen LogP contribution is 2.38. The Morgan fingerprint density at radius 3 is 2.75 bits per heavy atom. The van der Waals surface area contributed by atoms with Gasteiger partial charge in [-0.05, 0) is 49.3 Å². The molecule has 1 fully saturated rings.